The lowest BCUT2D eigenvalue weighted by atomic mass is 10.1. The van der Waals surface area contributed by atoms with Gasteiger partial charge in [0.15, 0.2) is 0 Å². The van der Waals surface area contributed by atoms with Crippen LogP contribution in [0.2, 0.25) is 5.02 Å². The lowest BCUT2D eigenvalue weighted by molar-refractivity contribution is 0.199. The highest BCUT2D eigenvalue weighted by Gasteiger charge is 2.07. The maximum Gasteiger partial charge on any atom is 0.141 e. The van der Waals surface area contributed by atoms with Gasteiger partial charge in [-0.25, -0.2) is 0 Å². The molecule has 1 atom stereocenters. The first-order valence-corrected chi connectivity index (χ1v) is 6.64. The van der Waals surface area contributed by atoms with Crippen molar-refractivity contribution in [1.29, 1.82) is 0 Å². The number of aliphatic hydroxyl groups is 1. The second-order valence-corrected chi connectivity index (χ2v) is 5.21. The summed E-state index contributed by atoms with van der Waals surface area (Å²) >= 11 is 9.23. The molecule has 0 saturated carbocycles. The Morgan fingerprint density at radius 3 is 2.39 bits per heavy atom. The zero-order chi connectivity index (χ0) is 13.1. The van der Waals surface area contributed by atoms with Gasteiger partial charge < -0.3 is 9.84 Å². The number of rotatable bonds is 3. The van der Waals surface area contributed by atoms with E-state index in [1.54, 1.807) is 31.2 Å². The van der Waals surface area contributed by atoms with Gasteiger partial charge in [0.2, 0.25) is 0 Å². The lowest BCUT2D eigenvalue weighted by Gasteiger charge is -2.10. The Balaban J connectivity index is 2.22. The van der Waals surface area contributed by atoms with Crippen LogP contribution in [0.1, 0.15) is 18.6 Å². The van der Waals surface area contributed by atoms with E-state index in [2.05, 4.69) is 15.9 Å². The molecule has 0 aliphatic rings. The molecule has 94 valence electrons. The van der Waals surface area contributed by atoms with Crippen molar-refractivity contribution >= 4 is 27.5 Å². The predicted octanol–water partition coefficient (Wildman–Crippen LogP) is 4.95. The van der Waals surface area contributed by atoms with E-state index in [1.807, 2.05) is 18.2 Å². The quantitative estimate of drug-likeness (QED) is 0.864. The van der Waals surface area contributed by atoms with Gasteiger partial charge in [0.25, 0.3) is 0 Å². The number of halogens is 2. The standard InChI is InChI=1S/C14H12BrClO2/c1-9(17)10-2-7-14(13(15)8-10)18-12-5-3-11(16)4-6-12/h2-9,17H,1H3/t9-/m1/s1. The molecule has 0 saturated heterocycles. The summed E-state index contributed by atoms with van der Waals surface area (Å²) in [5.74, 6) is 1.41. The highest BCUT2D eigenvalue weighted by molar-refractivity contribution is 9.10. The molecule has 0 fully saturated rings. The Kier molecular flexibility index (Phi) is 4.27. The van der Waals surface area contributed by atoms with Crippen molar-refractivity contribution in [2.75, 3.05) is 0 Å². The minimum Gasteiger partial charge on any atom is -0.456 e. The Labute approximate surface area is 119 Å². The Morgan fingerprint density at radius 2 is 1.83 bits per heavy atom. The maximum atomic E-state index is 9.48. The third kappa shape index (κ3) is 3.25. The molecule has 2 aromatic rings. The molecule has 4 heteroatoms. The minimum atomic E-state index is -0.495. The first-order valence-electron chi connectivity index (χ1n) is 5.47. The molecule has 0 amide bonds. The second kappa shape index (κ2) is 5.74. The van der Waals surface area contributed by atoms with Gasteiger partial charge >= 0.3 is 0 Å². The Morgan fingerprint density at radius 1 is 1.17 bits per heavy atom. The van der Waals surface area contributed by atoms with E-state index in [4.69, 9.17) is 16.3 Å². The summed E-state index contributed by atoms with van der Waals surface area (Å²) in [4.78, 5) is 0. The molecule has 2 aromatic carbocycles. The maximum absolute atomic E-state index is 9.48. The van der Waals surface area contributed by atoms with Gasteiger partial charge in [-0.1, -0.05) is 17.7 Å². The normalized spacial score (nSPS) is 12.2. The largest absolute Gasteiger partial charge is 0.456 e. The molecule has 0 aliphatic heterocycles. The molecule has 18 heavy (non-hydrogen) atoms. The molecule has 0 bridgehead atoms. The monoisotopic (exact) mass is 326 g/mol. The summed E-state index contributed by atoms with van der Waals surface area (Å²) in [6.45, 7) is 1.72. The van der Waals surface area contributed by atoms with Gasteiger partial charge in [-0.05, 0) is 64.8 Å². The van der Waals surface area contributed by atoms with Crippen molar-refractivity contribution in [3.8, 4) is 11.5 Å². The number of ether oxygens (including phenoxy) is 1. The van der Waals surface area contributed by atoms with Crippen LogP contribution in [0.15, 0.2) is 46.9 Å². The van der Waals surface area contributed by atoms with Gasteiger partial charge in [0.1, 0.15) is 11.5 Å². The van der Waals surface area contributed by atoms with Crippen molar-refractivity contribution < 1.29 is 9.84 Å². The van der Waals surface area contributed by atoms with Crippen LogP contribution in [0.4, 0.5) is 0 Å². The van der Waals surface area contributed by atoms with Gasteiger partial charge in [-0.2, -0.15) is 0 Å². The molecule has 2 rings (SSSR count). The molecule has 0 spiro atoms. The third-order valence-corrected chi connectivity index (χ3v) is 3.35. The molecule has 0 unspecified atom stereocenters. The van der Waals surface area contributed by atoms with Crippen LogP contribution in [0.25, 0.3) is 0 Å². The fourth-order valence-electron chi connectivity index (χ4n) is 1.49. The topological polar surface area (TPSA) is 29.5 Å². The molecule has 0 aliphatic carbocycles. The van der Waals surface area contributed by atoms with Gasteiger partial charge in [0.05, 0.1) is 10.6 Å². The first-order chi connectivity index (χ1) is 8.56. The summed E-state index contributed by atoms with van der Waals surface area (Å²) < 4.78 is 6.51. The summed E-state index contributed by atoms with van der Waals surface area (Å²) in [6, 6.07) is 12.6. The van der Waals surface area contributed by atoms with Crippen LogP contribution < -0.4 is 4.74 Å². The number of benzene rings is 2. The van der Waals surface area contributed by atoms with Crippen molar-refractivity contribution in [3.63, 3.8) is 0 Å². The Hall–Kier alpha value is -1.03. The summed E-state index contributed by atoms with van der Waals surface area (Å²) in [7, 11) is 0. The number of hydrogen-bond acceptors (Lipinski definition) is 2. The first kappa shape index (κ1) is 13.4. The smallest absolute Gasteiger partial charge is 0.141 e. The van der Waals surface area contributed by atoms with E-state index in [1.165, 1.54) is 0 Å². The molecule has 0 heterocycles. The molecular weight excluding hydrogens is 316 g/mol. The van der Waals surface area contributed by atoms with E-state index in [0.717, 1.165) is 10.0 Å². The van der Waals surface area contributed by atoms with E-state index in [0.29, 0.717) is 16.5 Å². The average Bonchev–Trinajstić information content (AvgIpc) is 2.34. The molecular formula is C14H12BrClO2. The zero-order valence-corrected chi connectivity index (χ0v) is 12.1. The van der Waals surface area contributed by atoms with Crippen LogP contribution in [-0.2, 0) is 0 Å². The van der Waals surface area contributed by atoms with Gasteiger partial charge in [-0.3, -0.25) is 0 Å². The van der Waals surface area contributed by atoms with Crippen LogP contribution >= 0.6 is 27.5 Å². The average molecular weight is 328 g/mol. The molecule has 0 aromatic heterocycles. The molecule has 2 nitrogen and oxygen atoms in total. The number of aliphatic hydroxyl groups excluding tert-OH is 1. The fourth-order valence-corrected chi connectivity index (χ4v) is 2.09. The van der Waals surface area contributed by atoms with Crippen molar-refractivity contribution in [1.82, 2.24) is 0 Å². The van der Waals surface area contributed by atoms with E-state index in [-0.39, 0.29) is 0 Å². The van der Waals surface area contributed by atoms with Crippen LogP contribution in [0, 0.1) is 0 Å². The Bertz CT molecular complexity index is 538. The minimum absolute atomic E-state index is 0.495. The molecule has 0 radical (unpaired) electrons. The third-order valence-electron chi connectivity index (χ3n) is 2.48. The fraction of sp³-hybridized carbons (Fsp3) is 0.143. The lowest BCUT2D eigenvalue weighted by Crippen LogP contribution is -1.92. The zero-order valence-electron chi connectivity index (χ0n) is 9.73. The summed E-state index contributed by atoms with van der Waals surface area (Å²) in [6.07, 6.45) is -0.495. The second-order valence-electron chi connectivity index (χ2n) is 3.92. The van der Waals surface area contributed by atoms with Crippen molar-refractivity contribution in [2.24, 2.45) is 0 Å². The highest BCUT2D eigenvalue weighted by atomic mass is 79.9. The van der Waals surface area contributed by atoms with Crippen molar-refractivity contribution in [2.45, 2.75) is 13.0 Å². The SMILES string of the molecule is C[C@@H](O)c1ccc(Oc2ccc(Cl)cc2)c(Br)c1. The van der Waals surface area contributed by atoms with Gasteiger partial charge in [0, 0.05) is 5.02 Å². The van der Waals surface area contributed by atoms with Crippen LogP contribution in [0.5, 0.6) is 11.5 Å². The van der Waals surface area contributed by atoms with E-state index < -0.39 is 6.10 Å². The highest BCUT2D eigenvalue weighted by Crippen LogP contribution is 2.32. The van der Waals surface area contributed by atoms with Crippen LogP contribution in [-0.4, -0.2) is 5.11 Å². The van der Waals surface area contributed by atoms with E-state index >= 15 is 0 Å². The summed E-state index contributed by atoms with van der Waals surface area (Å²) in [5.41, 5.74) is 0.838. The van der Waals surface area contributed by atoms with Crippen LogP contribution in [0.3, 0.4) is 0 Å². The van der Waals surface area contributed by atoms with Gasteiger partial charge in [-0.15, -0.1) is 0 Å². The van der Waals surface area contributed by atoms with E-state index in [9.17, 15) is 5.11 Å². The van der Waals surface area contributed by atoms with Crippen molar-refractivity contribution in [3.05, 3.63) is 57.5 Å². The predicted molar refractivity (Wildman–Crippen MR) is 76.3 cm³/mol. The molecule has 1 N–H and O–H groups in total. The summed E-state index contributed by atoms with van der Waals surface area (Å²) in [5, 5.41) is 10.2. The number of hydrogen-bond donors (Lipinski definition) is 1.